The second-order valence-corrected chi connectivity index (χ2v) is 4.49. The highest BCUT2D eigenvalue weighted by atomic mass is 16.5. The number of pyridine rings is 1. The molecular formula is C15H15NO4. The molecule has 0 bridgehead atoms. The standard InChI is InChI=1S/C15H15NO4/c1-18-15-10(3-2-6-16-15)8-19-11-4-5-12-13(17)9-20-14(12)7-11/h2-7,13,17H,8-9H2,1H3. The Labute approximate surface area is 116 Å². The Morgan fingerprint density at radius 3 is 3.15 bits per heavy atom. The molecule has 1 aliphatic rings. The monoisotopic (exact) mass is 273 g/mol. The topological polar surface area (TPSA) is 60.8 Å². The number of nitrogens with zero attached hydrogens (tertiary/aromatic N) is 1. The predicted octanol–water partition coefficient (Wildman–Crippen LogP) is 2.10. The van der Waals surface area contributed by atoms with Crippen molar-refractivity contribution < 1.29 is 19.3 Å². The van der Waals surface area contributed by atoms with E-state index in [9.17, 15) is 5.11 Å². The molecule has 2 heterocycles. The quantitative estimate of drug-likeness (QED) is 0.924. The Bertz CT molecular complexity index is 615. The lowest BCUT2D eigenvalue weighted by molar-refractivity contribution is 0.140. The van der Waals surface area contributed by atoms with Crippen LogP contribution in [0.4, 0.5) is 0 Å². The Hall–Kier alpha value is -2.27. The summed E-state index contributed by atoms with van der Waals surface area (Å²) in [6, 6.07) is 9.17. The van der Waals surface area contributed by atoms with Crippen molar-refractivity contribution in [3.63, 3.8) is 0 Å². The van der Waals surface area contributed by atoms with Crippen LogP contribution in [0.15, 0.2) is 36.5 Å². The molecule has 1 unspecified atom stereocenters. The predicted molar refractivity (Wildman–Crippen MR) is 72.0 cm³/mol. The maximum Gasteiger partial charge on any atom is 0.219 e. The van der Waals surface area contributed by atoms with Gasteiger partial charge in [-0.3, -0.25) is 0 Å². The summed E-state index contributed by atoms with van der Waals surface area (Å²) < 4.78 is 16.3. The fourth-order valence-corrected chi connectivity index (χ4v) is 2.14. The molecule has 104 valence electrons. The third-order valence-corrected chi connectivity index (χ3v) is 3.18. The van der Waals surface area contributed by atoms with Gasteiger partial charge in [-0.2, -0.15) is 0 Å². The average Bonchev–Trinajstić information content (AvgIpc) is 2.86. The molecule has 3 rings (SSSR count). The van der Waals surface area contributed by atoms with Crippen LogP contribution < -0.4 is 14.2 Å². The number of ether oxygens (including phenoxy) is 3. The largest absolute Gasteiger partial charge is 0.490 e. The minimum atomic E-state index is -0.544. The second-order valence-electron chi connectivity index (χ2n) is 4.49. The molecule has 0 saturated carbocycles. The molecule has 5 heteroatoms. The summed E-state index contributed by atoms with van der Waals surface area (Å²) in [7, 11) is 1.58. The third kappa shape index (κ3) is 2.40. The van der Waals surface area contributed by atoms with E-state index in [0.717, 1.165) is 11.1 Å². The molecule has 1 aromatic carbocycles. The average molecular weight is 273 g/mol. The lowest BCUT2D eigenvalue weighted by Gasteiger charge is -2.10. The Morgan fingerprint density at radius 1 is 1.40 bits per heavy atom. The van der Waals surface area contributed by atoms with Crippen LogP contribution in [0.25, 0.3) is 0 Å². The molecule has 2 aromatic rings. The van der Waals surface area contributed by atoms with E-state index < -0.39 is 6.10 Å². The van der Waals surface area contributed by atoms with Gasteiger partial charge in [0.1, 0.15) is 30.8 Å². The van der Waals surface area contributed by atoms with Gasteiger partial charge < -0.3 is 19.3 Å². The van der Waals surface area contributed by atoms with Crippen molar-refractivity contribution in [2.24, 2.45) is 0 Å². The van der Waals surface area contributed by atoms with E-state index in [4.69, 9.17) is 14.2 Å². The van der Waals surface area contributed by atoms with E-state index >= 15 is 0 Å². The molecule has 1 N–H and O–H groups in total. The fourth-order valence-electron chi connectivity index (χ4n) is 2.14. The van der Waals surface area contributed by atoms with Gasteiger partial charge in [0.15, 0.2) is 0 Å². The van der Waals surface area contributed by atoms with E-state index in [2.05, 4.69) is 4.98 Å². The molecule has 1 atom stereocenters. The van der Waals surface area contributed by atoms with Crippen LogP contribution in [0.1, 0.15) is 17.2 Å². The second kappa shape index (κ2) is 5.38. The van der Waals surface area contributed by atoms with Crippen molar-refractivity contribution in [2.75, 3.05) is 13.7 Å². The molecule has 0 fully saturated rings. The molecule has 0 amide bonds. The van der Waals surface area contributed by atoms with Crippen molar-refractivity contribution in [1.82, 2.24) is 4.98 Å². The maximum absolute atomic E-state index is 9.66. The van der Waals surface area contributed by atoms with E-state index in [1.807, 2.05) is 24.3 Å². The van der Waals surface area contributed by atoms with Crippen molar-refractivity contribution in [2.45, 2.75) is 12.7 Å². The lowest BCUT2D eigenvalue weighted by Crippen LogP contribution is -2.00. The van der Waals surface area contributed by atoms with Crippen LogP contribution in [0.3, 0.4) is 0 Å². The summed E-state index contributed by atoms with van der Waals surface area (Å²) in [6.45, 7) is 0.660. The van der Waals surface area contributed by atoms with E-state index in [0.29, 0.717) is 30.6 Å². The first-order valence-electron chi connectivity index (χ1n) is 6.33. The van der Waals surface area contributed by atoms with Crippen molar-refractivity contribution in [3.05, 3.63) is 47.7 Å². The zero-order valence-corrected chi connectivity index (χ0v) is 11.1. The van der Waals surface area contributed by atoms with Gasteiger partial charge in [0.05, 0.1) is 12.7 Å². The van der Waals surface area contributed by atoms with Crippen LogP contribution in [0.2, 0.25) is 0 Å². The fraction of sp³-hybridized carbons (Fsp3) is 0.267. The number of hydrogen-bond donors (Lipinski definition) is 1. The maximum atomic E-state index is 9.66. The van der Waals surface area contributed by atoms with E-state index in [1.165, 1.54) is 0 Å². The van der Waals surface area contributed by atoms with Crippen LogP contribution >= 0.6 is 0 Å². The Morgan fingerprint density at radius 2 is 2.30 bits per heavy atom. The number of fused-ring (bicyclic) bond motifs is 1. The van der Waals surface area contributed by atoms with Gasteiger partial charge in [0.25, 0.3) is 0 Å². The first-order valence-corrected chi connectivity index (χ1v) is 6.33. The molecule has 0 radical (unpaired) electrons. The molecular weight excluding hydrogens is 258 g/mol. The Kier molecular flexibility index (Phi) is 3.43. The minimum Gasteiger partial charge on any atom is -0.490 e. The molecule has 0 aliphatic carbocycles. The van der Waals surface area contributed by atoms with Gasteiger partial charge in [-0.15, -0.1) is 0 Å². The highest BCUT2D eigenvalue weighted by Crippen LogP contribution is 2.35. The zero-order valence-electron chi connectivity index (χ0n) is 11.1. The third-order valence-electron chi connectivity index (χ3n) is 3.18. The number of aliphatic hydroxyl groups excluding tert-OH is 1. The normalized spacial score (nSPS) is 16.4. The highest BCUT2D eigenvalue weighted by Gasteiger charge is 2.22. The van der Waals surface area contributed by atoms with Crippen molar-refractivity contribution >= 4 is 0 Å². The number of benzene rings is 1. The minimum absolute atomic E-state index is 0.301. The van der Waals surface area contributed by atoms with Gasteiger partial charge in [-0.1, -0.05) is 0 Å². The first kappa shape index (κ1) is 12.7. The summed E-state index contributed by atoms with van der Waals surface area (Å²) in [5, 5.41) is 9.66. The highest BCUT2D eigenvalue weighted by molar-refractivity contribution is 5.44. The number of aliphatic hydroxyl groups is 1. The smallest absolute Gasteiger partial charge is 0.219 e. The zero-order chi connectivity index (χ0) is 13.9. The SMILES string of the molecule is COc1ncccc1COc1ccc2c(c1)OCC2O. The van der Waals surface area contributed by atoms with Crippen LogP contribution in [-0.4, -0.2) is 23.8 Å². The molecule has 20 heavy (non-hydrogen) atoms. The van der Waals surface area contributed by atoms with Crippen molar-refractivity contribution in [3.8, 4) is 17.4 Å². The summed E-state index contributed by atoms with van der Waals surface area (Å²) in [5.41, 5.74) is 1.67. The van der Waals surface area contributed by atoms with E-state index in [1.54, 1.807) is 19.4 Å². The first-order chi connectivity index (χ1) is 9.78. The molecule has 5 nitrogen and oxygen atoms in total. The molecule has 0 spiro atoms. The number of rotatable bonds is 4. The molecule has 0 saturated heterocycles. The molecule has 1 aliphatic heterocycles. The molecule has 1 aromatic heterocycles. The number of methoxy groups -OCH3 is 1. The summed E-state index contributed by atoms with van der Waals surface area (Å²) in [6.07, 6.45) is 1.13. The Balaban J connectivity index is 1.73. The van der Waals surface area contributed by atoms with E-state index in [-0.39, 0.29) is 0 Å². The summed E-state index contributed by atoms with van der Waals surface area (Å²) >= 11 is 0. The van der Waals surface area contributed by atoms with Gasteiger partial charge in [0, 0.05) is 17.8 Å². The van der Waals surface area contributed by atoms with Gasteiger partial charge >= 0.3 is 0 Å². The van der Waals surface area contributed by atoms with Crippen molar-refractivity contribution in [1.29, 1.82) is 0 Å². The number of hydrogen-bond acceptors (Lipinski definition) is 5. The summed E-state index contributed by atoms with van der Waals surface area (Å²) in [4.78, 5) is 4.12. The number of aromatic nitrogens is 1. The van der Waals surface area contributed by atoms with Gasteiger partial charge in [-0.05, 0) is 24.3 Å². The van der Waals surface area contributed by atoms with Gasteiger partial charge in [-0.25, -0.2) is 4.98 Å². The van der Waals surface area contributed by atoms with Gasteiger partial charge in [0.2, 0.25) is 5.88 Å². The summed E-state index contributed by atoms with van der Waals surface area (Å²) in [5.74, 6) is 1.91. The lowest BCUT2D eigenvalue weighted by atomic mass is 10.1. The van der Waals surface area contributed by atoms with Crippen LogP contribution in [-0.2, 0) is 6.61 Å². The van der Waals surface area contributed by atoms with Crippen LogP contribution in [0.5, 0.6) is 17.4 Å². The van der Waals surface area contributed by atoms with Crippen LogP contribution in [0, 0.1) is 0 Å².